The number of ketones is 1. The molecule has 174 valence electrons. The fourth-order valence-electron chi connectivity index (χ4n) is 4.41. The van der Waals surface area contributed by atoms with E-state index in [-0.39, 0.29) is 5.78 Å². The van der Waals surface area contributed by atoms with Crippen LogP contribution in [0.4, 0.5) is 0 Å². The minimum atomic E-state index is 0.251. The number of carbonyl (C=O) groups is 1. The maximum atomic E-state index is 12.3. The van der Waals surface area contributed by atoms with Crippen LogP contribution in [0.25, 0.3) is 32.5 Å². The number of hydrogen-bond donors (Lipinski definition) is 0. The molecule has 2 aromatic heterocycles. The zero-order valence-electron chi connectivity index (χ0n) is 19.5. The first-order valence-corrected chi connectivity index (χ1v) is 12.8. The summed E-state index contributed by atoms with van der Waals surface area (Å²) >= 11 is 1.62. The highest BCUT2D eigenvalue weighted by Crippen LogP contribution is 2.37. The van der Waals surface area contributed by atoms with Crippen molar-refractivity contribution in [2.45, 2.75) is 32.7 Å². The summed E-state index contributed by atoms with van der Waals surface area (Å²) in [4.78, 5) is 23.9. The van der Waals surface area contributed by atoms with E-state index in [0.29, 0.717) is 12.8 Å². The van der Waals surface area contributed by atoms with Crippen LogP contribution in [0.2, 0.25) is 0 Å². The SMILES string of the molecule is CCCC(=O)Cc1nc2cc(-c3ccc(CN4CCOCC4)cc3)cc(-c3cccnc3)c2s1. The molecule has 0 N–H and O–H groups in total. The van der Waals surface area contributed by atoms with E-state index in [4.69, 9.17) is 9.72 Å². The molecule has 34 heavy (non-hydrogen) atoms. The molecule has 0 aliphatic carbocycles. The number of thiazole rings is 1. The van der Waals surface area contributed by atoms with Crippen molar-refractivity contribution in [1.82, 2.24) is 14.9 Å². The van der Waals surface area contributed by atoms with Gasteiger partial charge < -0.3 is 4.74 Å². The average molecular weight is 472 g/mol. The molecule has 5 rings (SSSR count). The maximum absolute atomic E-state index is 12.3. The van der Waals surface area contributed by atoms with Gasteiger partial charge in [-0.2, -0.15) is 0 Å². The average Bonchev–Trinajstić information content (AvgIpc) is 3.27. The van der Waals surface area contributed by atoms with Crippen LogP contribution in [-0.2, 0) is 22.5 Å². The van der Waals surface area contributed by atoms with E-state index in [2.05, 4.69) is 52.3 Å². The van der Waals surface area contributed by atoms with Gasteiger partial charge in [0.15, 0.2) is 0 Å². The van der Waals surface area contributed by atoms with Crippen molar-refractivity contribution in [3.05, 3.63) is 71.5 Å². The number of Topliss-reactive ketones (excluding diaryl/α,β-unsaturated/α-hetero) is 1. The van der Waals surface area contributed by atoms with E-state index in [1.54, 1.807) is 17.5 Å². The van der Waals surface area contributed by atoms with Crippen LogP contribution in [0.5, 0.6) is 0 Å². The number of nitrogens with zero attached hydrogens (tertiary/aromatic N) is 3. The fourth-order valence-corrected chi connectivity index (χ4v) is 5.52. The monoisotopic (exact) mass is 471 g/mol. The predicted octanol–water partition coefficient (Wildman–Crippen LogP) is 5.77. The Kier molecular flexibility index (Phi) is 7.09. The highest BCUT2D eigenvalue weighted by atomic mass is 32.1. The summed E-state index contributed by atoms with van der Waals surface area (Å²) in [6.07, 6.45) is 5.57. The first-order chi connectivity index (χ1) is 16.7. The highest BCUT2D eigenvalue weighted by Gasteiger charge is 2.15. The van der Waals surface area contributed by atoms with Gasteiger partial charge >= 0.3 is 0 Å². The highest BCUT2D eigenvalue weighted by molar-refractivity contribution is 7.19. The molecule has 1 aliphatic rings. The predicted molar refractivity (Wildman–Crippen MR) is 138 cm³/mol. The Morgan fingerprint density at radius 1 is 1.06 bits per heavy atom. The van der Waals surface area contributed by atoms with Gasteiger partial charge in [0.05, 0.1) is 29.9 Å². The number of aromatic nitrogens is 2. The van der Waals surface area contributed by atoms with Crippen LogP contribution in [-0.4, -0.2) is 47.0 Å². The molecule has 0 unspecified atom stereocenters. The standard InChI is InChI=1S/C28H29N3O2S/c1-2-4-24(32)17-27-30-26-16-23(15-25(28(26)34-27)22-5-3-10-29-18-22)21-8-6-20(7-9-21)19-31-11-13-33-14-12-31/h3,5-10,15-16,18H,2,4,11-14,17,19H2,1H3. The molecule has 0 radical (unpaired) electrons. The molecule has 1 saturated heterocycles. The molecule has 1 aliphatic heterocycles. The van der Waals surface area contributed by atoms with Crippen LogP contribution in [0.1, 0.15) is 30.3 Å². The number of fused-ring (bicyclic) bond motifs is 1. The van der Waals surface area contributed by atoms with Crippen molar-refractivity contribution in [2.75, 3.05) is 26.3 Å². The molecule has 2 aromatic carbocycles. The number of rotatable bonds is 8. The van der Waals surface area contributed by atoms with Crippen LogP contribution in [0.15, 0.2) is 60.9 Å². The second-order valence-corrected chi connectivity index (χ2v) is 9.86. The van der Waals surface area contributed by atoms with Crippen molar-refractivity contribution in [2.24, 2.45) is 0 Å². The molecule has 3 heterocycles. The van der Waals surface area contributed by atoms with Gasteiger partial charge in [-0.3, -0.25) is 14.7 Å². The number of ether oxygens (including phenoxy) is 1. The van der Waals surface area contributed by atoms with Gasteiger partial charge in [-0.05, 0) is 41.3 Å². The van der Waals surface area contributed by atoms with Gasteiger partial charge in [-0.25, -0.2) is 4.98 Å². The Morgan fingerprint density at radius 2 is 1.88 bits per heavy atom. The lowest BCUT2D eigenvalue weighted by Gasteiger charge is -2.26. The topological polar surface area (TPSA) is 55.3 Å². The van der Waals surface area contributed by atoms with Gasteiger partial charge in [0.2, 0.25) is 0 Å². The third kappa shape index (κ3) is 5.25. The van der Waals surface area contributed by atoms with Crippen molar-refractivity contribution < 1.29 is 9.53 Å². The van der Waals surface area contributed by atoms with Gasteiger partial charge in [0, 0.05) is 49.6 Å². The molecule has 0 spiro atoms. The van der Waals surface area contributed by atoms with E-state index in [1.807, 2.05) is 19.2 Å². The molecular weight excluding hydrogens is 442 g/mol. The first-order valence-electron chi connectivity index (χ1n) is 11.9. The largest absolute Gasteiger partial charge is 0.379 e. The van der Waals surface area contributed by atoms with Crippen molar-refractivity contribution in [3.63, 3.8) is 0 Å². The maximum Gasteiger partial charge on any atom is 0.139 e. The van der Waals surface area contributed by atoms with E-state index in [0.717, 1.165) is 76.7 Å². The zero-order valence-corrected chi connectivity index (χ0v) is 20.3. The van der Waals surface area contributed by atoms with Gasteiger partial charge in [0.25, 0.3) is 0 Å². The first kappa shape index (κ1) is 22.8. The Hall–Kier alpha value is -2.93. The van der Waals surface area contributed by atoms with Gasteiger partial charge in [0.1, 0.15) is 10.8 Å². The Bertz CT molecular complexity index is 1260. The van der Waals surface area contributed by atoms with Crippen molar-refractivity contribution >= 4 is 27.3 Å². The Labute approximate surface area is 204 Å². The number of carbonyl (C=O) groups excluding carboxylic acids is 1. The molecule has 0 saturated carbocycles. The minimum Gasteiger partial charge on any atom is -0.379 e. The summed E-state index contributed by atoms with van der Waals surface area (Å²) in [5.74, 6) is 0.251. The van der Waals surface area contributed by atoms with Crippen LogP contribution < -0.4 is 0 Å². The second-order valence-electron chi connectivity index (χ2n) is 8.77. The molecular formula is C28H29N3O2S. The second kappa shape index (κ2) is 10.6. The normalized spacial score (nSPS) is 14.5. The third-order valence-electron chi connectivity index (χ3n) is 6.18. The molecule has 0 amide bonds. The van der Waals surface area contributed by atoms with E-state index in [1.165, 1.54) is 5.56 Å². The lowest BCUT2D eigenvalue weighted by atomic mass is 9.98. The molecule has 1 fully saturated rings. The molecule has 5 nitrogen and oxygen atoms in total. The summed E-state index contributed by atoms with van der Waals surface area (Å²) in [6, 6.07) is 17.2. The summed E-state index contributed by atoms with van der Waals surface area (Å²) in [5, 5.41) is 0.886. The number of hydrogen-bond acceptors (Lipinski definition) is 6. The summed E-state index contributed by atoms with van der Waals surface area (Å²) < 4.78 is 6.57. The lowest BCUT2D eigenvalue weighted by Crippen LogP contribution is -2.35. The van der Waals surface area contributed by atoms with Crippen LogP contribution in [0.3, 0.4) is 0 Å². The number of morpholine rings is 1. The van der Waals surface area contributed by atoms with Crippen molar-refractivity contribution in [1.29, 1.82) is 0 Å². The Balaban J connectivity index is 1.48. The van der Waals surface area contributed by atoms with E-state index < -0.39 is 0 Å². The van der Waals surface area contributed by atoms with Crippen LogP contribution in [0, 0.1) is 0 Å². The number of pyridine rings is 1. The molecule has 6 heteroatoms. The lowest BCUT2D eigenvalue weighted by molar-refractivity contribution is -0.118. The molecule has 0 atom stereocenters. The molecule has 4 aromatic rings. The van der Waals surface area contributed by atoms with E-state index >= 15 is 0 Å². The Morgan fingerprint density at radius 3 is 2.62 bits per heavy atom. The van der Waals surface area contributed by atoms with Gasteiger partial charge in [-0.1, -0.05) is 37.3 Å². The summed E-state index contributed by atoms with van der Waals surface area (Å²) in [7, 11) is 0. The summed E-state index contributed by atoms with van der Waals surface area (Å²) in [6.45, 7) is 6.59. The molecule has 0 bridgehead atoms. The quantitative estimate of drug-likeness (QED) is 0.327. The van der Waals surface area contributed by atoms with Crippen molar-refractivity contribution in [3.8, 4) is 22.3 Å². The third-order valence-corrected chi connectivity index (χ3v) is 7.29. The number of benzene rings is 2. The zero-order chi connectivity index (χ0) is 23.3. The van der Waals surface area contributed by atoms with Crippen LogP contribution >= 0.6 is 11.3 Å². The van der Waals surface area contributed by atoms with Gasteiger partial charge in [-0.15, -0.1) is 11.3 Å². The fraction of sp³-hybridized carbons (Fsp3) is 0.321. The summed E-state index contributed by atoms with van der Waals surface area (Å²) in [5.41, 5.74) is 6.72. The van der Waals surface area contributed by atoms with E-state index in [9.17, 15) is 4.79 Å². The smallest absolute Gasteiger partial charge is 0.139 e. The minimum absolute atomic E-state index is 0.251.